The molecule has 0 fully saturated rings. The second-order valence-corrected chi connectivity index (χ2v) is 5.66. The van der Waals surface area contributed by atoms with Crippen LogP contribution in [0.5, 0.6) is 0 Å². The molecule has 0 aromatic heterocycles. The summed E-state index contributed by atoms with van der Waals surface area (Å²) in [4.78, 5) is 10.1. The standard InChI is InChI=1S/C8H5Cl2FO3S/c1-4-2-3-5(15(10,13)14)7(11)6(4)8(9)12/h2-3H,1H3. The third-order valence-corrected chi connectivity index (χ3v) is 3.30. The molecule has 7 heteroatoms. The van der Waals surface area contributed by atoms with Gasteiger partial charge in [-0.2, -0.15) is 0 Å². The fraction of sp³-hybridized carbons (Fsp3) is 0.125. The highest BCUT2D eigenvalue weighted by molar-refractivity contribution is 8.13. The van der Waals surface area contributed by atoms with E-state index in [2.05, 4.69) is 0 Å². The Kier molecular flexibility index (Phi) is 3.38. The second-order valence-electron chi connectivity index (χ2n) is 2.78. The lowest BCUT2D eigenvalue weighted by Gasteiger charge is -2.05. The molecule has 1 aromatic rings. The fourth-order valence-corrected chi connectivity index (χ4v) is 2.22. The molecule has 0 aliphatic carbocycles. The first-order chi connectivity index (χ1) is 6.75. The van der Waals surface area contributed by atoms with Crippen LogP contribution < -0.4 is 0 Å². The summed E-state index contributed by atoms with van der Waals surface area (Å²) in [5.74, 6) is -1.22. The molecule has 0 N–H and O–H groups in total. The molecule has 1 rings (SSSR count). The van der Waals surface area contributed by atoms with E-state index in [-0.39, 0.29) is 5.56 Å². The van der Waals surface area contributed by atoms with Crippen LogP contribution in [0.25, 0.3) is 0 Å². The zero-order valence-corrected chi connectivity index (χ0v) is 9.75. The lowest BCUT2D eigenvalue weighted by atomic mass is 10.1. The number of hydrogen-bond acceptors (Lipinski definition) is 3. The number of hydrogen-bond donors (Lipinski definition) is 0. The van der Waals surface area contributed by atoms with E-state index in [0.29, 0.717) is 0 Å². The van der Waals surface area contributed by atoms with Crippen LogP contribution in [0.4, 0.5) is 4.39 Å². The van der Waals surface area contributed by atoms with Gasteiger partial charge in [0.15, 0.2) is 5.82 Å². The Morgan fingerprint density at radius 1 is 1.40 bits per heavy atom. The first-order valence-electron chi connectivity index (χ1n) is 3.68. The van der Waals surface area contributed by atoms with E-state index in [1.807, 2.05) is 0 Å². The van der Waals surface area contributed by atoms with E-state index in [1.54, 1.807) is 0 Å². The van der Waals surface area contributed by atoms with E-state index in [0.717, 1.165) is 6.07 Å². The second kappa shape index (κ2) is 4.08. The molecule has 0 aliphatic heterocycles. The van der Waals surface area contributed by atoms with Gasteiger partial charge in [0.05, 0.1) is 5.56 Å². The van der Waals surface area contributed by atoms with Crippen molar-refractivity contribution in [2.75, 3.05) is 0 Å². The Bertz CT molecular complexity index is 525. The minimum Gasteiger partial charge on any atom is -0.275 e. The molecule has 0 unspecified atom stereocenters. The van der Waals surface area contributed by atoms with Gasteiger partial charge < -0.3 is 0 Å². The molecule has 0 radical (unpaired) electrons. The summed E-state index contributed by atoms with van der Waals surface area (Å²) in [7, 11) is 0.751. The lowest BCUT2D eigenvalue weighted by molar-refractivity contribution is 0.107. The topological polar surface area (TPSA) is 51.2 Å². The van der Waals surface area contributed by atoms with Crippen molar-refractivity contribution in [3.63, 3.8) is 0 Å². The molecule has 0 bridgehead atoms. The number of aryl methyl sites for hydroxylation is 1. The van der Waals surface area contributed by atoms with E-state index in [1.165, 1.54) is 13.0 Å². The van der Waals surface area contributed by atoms with Gasteiger partial charge >= 0.3 is 0 Å². The van der Waals surface area contributed by atoms with E-state index in [4.69, 9.17) is 22.3 Å². The normalized spacial score (nSPS) is 11.5. The number of halogens is 3. The summed E-state index contributed by atoms with van der Waals surface area (Å²) < 4.78 is 35.3. The maximum absolute atomic E-state index is 13.5. The van der Waals surface area contributed by atoms with Crippen LogP contribution in [-0.4, -0.2) is 13.7 Å². The van der Waals surface area contributed by atoms with Gasteiger partial charge in [-0.25, -0.2) is 12.8 Å². The van der Waals surface area contributed by atoms with Crippen molar-refractivity contribution in [1.82, 2.24) is 0 Å². The smallest absolute Gasteiger partial charge is 0.264 e. The number of carbonyl (C=O) groups is 1. The molecule has 3 nitrogen and oxygen atoms in total. The Morgan fingerprint density at radius 3 is 2.33 bits per heavy atom. The first kappa shape index (κ1) is 12.4. The van der Waals surface area contributed by atoms with Gasteiger partial charge in [-0.1, -0.05) is 6.07 Å². The summed E-state index contributed by atoms with van der Waals surface area (Å²) in [5.41, 5.74) is -0.227. The van der Waals surface area contributed by atoms with Crippen molar-refractivity contribution in [2.24, 2.45) is 0 Å². The molecular formula is C8H5Cl2FO3S. The molecular weight excluding hydrogens is 266 g/mol. The third kappa shape index (κ3) is 2.48. The van der Waals surface area contributed by atoms with Gasteiger partial charge in [-0.15, -0.1) is 0 Å². The van der Waals surface area contributed by atoms with Crippen molar-refractivity contribution in [1.29, 1.82) is 0 Å². The Balaban J connectivity index is 3.64. The highest BCUT2D eigenvalue weighted by atomic mass is 35.7. The van der Waals surface area contributed by atoms with Gasteiger partial charge in [0.2, 0.25) is 0 Å². The molecule has 0 heterocycles. The van der Waals surface area contributed by atoms with E-state index < -0.39 is 30.6 Å². The van der Waals surface area contributed by atoms with Crippen molar-refractivity contribution in [2.45, 2.75) is 11.8 Å². The molecule has 1 aromatic carbocycles. The van der Waals surface area contributed by atoms with Crippen LogP contribution in [0.15, 0.2) is 17.0 Å². The minimum absolute atomic E-state index is 0.247. The van der Waals surface area contributed by atoms with Crippen LogP contribution in [-0.2, 0) is 9.05 Å². The molecule has 15 heavy (non-hydrogen) atoms. The molecule has 0 atom stereocenters. The van der Waals surface area contributed by atoms with Crippen LogP contribution in [0.2, 0.25) is 0 Å². The summed E-state index contributed by atoms with van der Waals surface area (Å²) in [5, 5.41) is -1.06. The third-order valence-electron chi connectivity index (χ3n) is 1.77. The lowest BCUT2D eigenvalue weighted by Crippen LogP contribution is -2.04. The van der Waals surface area contributed by atoms with Crippen LogP contribution in [0, 0.1) is 12.7 Å². The predicted molar refractivity (Wildman–Crippen MR) is 54.4 cm³/mol. The van der Waals surface area contributed by atoms with Crippen molar-refractivity contribution in [3.05, 3.63) is 29.1 Å². The zero-order valence-electron chi connectivity index (χ0n) is 7.42. The molecule has 0 spiro atoms. The summed E-state index contributed by atoms with van der Waals surface area (Å²) in [6, 6.07) is 2.24. The van der Waals surface area contributed by atoms with Gasteiger partial charge in [0.1, 0.15) is 4.90 Å². The molecule has 0 amide bonds. The molecule has 0 aliphatic rings. The van der Waals surface area contributed by atoms with E-state index in [9.17, 15) is 17.6 Å². The average molecular weight is 271 g/mol. The molecule has 0 saturated heterocycles. The Labute approximate surface area is 95.2 Å². The van der Waals surface area contributed by atoms with Crippen LogP contribution >= 0.6 is 22.3 Å². The summed E-state index contributed by atoms with van der Waals surface area (Å²) in [6.07, 6.45) is 0. The van der Waals surface area contributed by atoms with Crippen molar-refractivity contribution >= 4 is 36.6 Å². The van der Waals surface area contributed by atoms with Gasteiger partial charge in [-0.05, 0) is 30.2 Å². The largest absolute Gasteiger partial charge is 0.275 e. The summed E-state index contributed by atoms with van der Waals surface area (Å²) in [6.45, 7) is 1.43. The monoisotopic (exact) mass is 270 g/mol. The van der Waals surface area contributed by atoms with E-state index >= 15 is 0 Å². The molecule has 82 valence electrons. The van der Waals surface area contributed by atoms with Crippen LogP contribution in [0.1, 0.15) is 15.9 Å². The quantitative estimate of drug-likeness (QED) is 0.776. The number of carbonyl (C=O) groups excluding carboxylic acids is 1. The zero-order chi connectivity index (χ0) is 11.8. The van der Waals surface area contributed by atoms with Gasteiger partial charge in [0.25, 0.3) is 14.3 Å². The van der Waals surface area contributed by atoms with Gasteiger partial charge in [0, 0.05) is 10.7 Å². The highest BCUT2D eigenvalue weighted by Gasteiger charge is 2.23. The van der Waals surface area contributed by atoms with Crippen LogP contribution in [0.3, 0.4) is 0 Å². The first-order valence-corrected chi connectivity index (χ1v) is 6.37. The number of rotatable bonds is 2. The maximum Gasteiger partial charge on any atom is 0.264 e. The van der Waals surface area contributed by atoms with Crippen molar-refractivity contribution in [3.8, 4) is 0 Å². The minimum atomic E-state index is -4.22. The summed E-state index contributed by atoms with van der Waals surface area (Å²) >= 11 is 5.12. The average Bonchev–Trinajstić information content (AvgIpc) is 2.00. The fourth-order valence-electron chi connectivity index (χ4n) is 1.08. The number of benzene rings is 1. The SMILES string of the molecule is Cc1ccc(S(=O)(=O)Cl)c(F)c1C(=O)Cl. The highest BCUT2D eigenvalue weighted by Crippen LogP contribution is 2.25. The molecule has 0 saturated carbocycles. The maximum atomic E-state index is 13.5. The predicted octanol–water partition coefficient (Wildman–Crippen LogP) is 2.44. The van der Waals surface area contributed by atoms with Gasteiger partial charge in [-0.3, -0.25) is 4.79 Å². The Hall–Kier alpha value is -0.650. The van der Waals surface area contributed by atoms with Crippen molar-refractivity contribution < 1.29 is 17.6 Å². The Morgan fingerprint density at radius 2 is 1.93 bits per heavy atom.